The van der Waals surface area contributed by atoms with Gasteiger partial charge in [-0.2, -0.15) is 0 Å². The van der Waals surface area contributed by atoms with E-state index in [0.29, 0.717) is 11.4 Å². The van der Waals surface area contributed by atoms with Crippen LogP contribution < -0.4 is 0 Å². The smallest absolute Gasteiger partial charge is 0.339 e. The summed E-state index contributed by atoms with van der Waals surface area (Å²) in [6, 6.07) is 5.65. The first kappa shape index (κ1) is 11.2. The summed E-state index contributed by atoms with van der Waals surface area (Å²) < 4.78 is 13.1. The number of aromatic nitrogens is 2. The van der Waals surface area contributed by atoms with Gasteiger partial charge in [0.25, 0.3) is 0 Å². The lowest BCUT2D eigenvalue weighted by Gasteiger charge is -2.05. The Morgan fingerprint density at radius 2 is 2.18 bits per heavy atom. The Kier molecular flexibility index (Phi) is 2.82. The molecule has 0 aliphatic rings. The van der Waals surface area contributed by atoms with Crippen LogP contribution in [0.3, 0.4) is 0 Å². The summed E-state index contributed by atoms with van der Waals surface area (Å²) in [5.41, 5.74) is 0.610. The second-order valence-corrected chi connectivity index (χ2v) is 3.49. The number of hydrogen-bond acceptors (Lipinski definition) is 3. The summed E-state index contributed by atoms with van der Waals surface area (Å²) in [5, 5.41) is 9.01. The average Bonchev–Trinajstić information content (AvgIpc) is 2.28. The van der Waals surface area contributed by atoms with Gasteiger partial charge in [0.05, 0.1) is 5.69 Å². The van der Waals surface area contributed by atoms with Crippen LogP contribution in [-0.2, 0) is 0 Å². The van der Waals surface area contributed by atoms with Crippen LogP contribution in [0, 0.1) is 12.7 Å². The molecule has 0 saturated heterocycles. The zero-order valence-corrected chi connectivity index (χ0v) is 9.01. The standard InChI is InChI=1S/C12H9FN2O2/c1-7-14-6-10(12(16)17)11(15-7)8-3-2-4-9(13)5-8/h2-6H,1H3,(H,16,17). The Balaban J connectivity index is 2.65. The summed E-state index contributed by atoms with van der Waals surface area (Å²) >= 11 is 0. The van der Waals surface area contributed by atoms with Crippen LogP contribution in [0.5, 0.6) is 0 Å². The minimum absolute atomic E-state index is 0.0406. The van der Waals surface area contributed by atoms with Crippen molar-refractivity contribution in [1.29, 1.82) is 0 Å². The lowest BCUT2D eigenvalue weighted by Crippen LogP contribution is -2.04. The molecule has 0 fully saturated rings. The second kappa shape index (κ2) is 4.29. The summed E-state index contributed by atoms with van der Waals surface area (Å²) in [6.45, 7) is 1.65. The van der Waals surface area contributed by atoms with Crippen molar-refractivity contribution in [3.63, 3.8) is 0 Å². The topological polar surface area (TPSA) is 63.1 Å². The third-order valence-corrected chi connectivity index (χ3v) is 2.24. The van der Waals surface area contributed by atoms with Gasteiger partial charge < -0.3 is 5.11 Å². The molecule has 4 nitrogen and oxygen atoms in total. The molecule has 0 radical (unpaired) electrons. The van der Waals surface area contributed by atoms with Gasteiger partial charge in [-0.15, -0.1) is 0 Å². The Labute approximate surface area is 96.8 Å². The van der Waals surface area contributed by atoms with Crippen molar-refractivity contribution in [2.24, 2.45) is 0 Å². The average molecular weight is 232 g/mol. The van der Waals surface area contributed by atoms with Gasteiger partial charge in [0.2, 0.25) is 0 Å². The highest BCUT2D eigenvalue weighted by molar-refractivity contribution is 5.94. The number of aromatic carboxylic acids is 1. The number of carboxylic acids is 1. The number of aryl methyl sites for hydroxylation is 1. The molecular weight excluding hydrogens is 223 g/mol. The van der Waals surface area contributed by atoms with Crippen LogP contribution >= 0.6 is 0 Å². The van der Waals surface area contributed by atoms with E-state index in [1.165, 1.54) is 24.4 Å². The number of nitrogens with zero attached hydrogens (tertiary/aromatic N) is 2. The molecule has 0 aliphatic carbocycles. The molecule has 17 heavy (non-hydrogen) atoms. The lowest BCUT2D eigenvalue weighted by molar-refractivity contribution is 0.0697. The van der Waals surface area contributed by atoms with E-state index in [2.05, 4.69) is 9.97 Å². The first-order valence-electron chi connectivity index (χ1n) is 4.91. The maximum absolute atomic E-state index is 13.1. The molecule has 0 atom stereocenters. The first-order chi connectivity index (χ1) is 8.08. The molecule has 0 aliphatic heterocycles. The molecular formula is C12H9FN2O2. The largest absolute Gasteiger partial charge is 0.478 e. The highest BCUT2D eigenvalue weighted by Crippen LogP contribution is 2.21. The van der Waals surface area contributed by atoms with E-state index < -0.39 is 11.8 Å². The molecule has 5 heteroatoms. The van der Waals surface area contributed by atoms with Crippen molar-refractivity contribution in [1.82, 2.24) is 9.97 Å². The Morgan fingerprint density at radius 3 is 2.82 bits per heavy atom. The number of rotatable bonds is 2. The van der Waals surface area contributed by atoms with Crippen molar-refractivity contribution in [3.8, 4) is 11.3 Å². The zero-order valence-electron chi connectivity index (χ0n) is 9.01. The molecule has 1 aromatic carbocycles. The maximum Gasteiger partial charge on any atom is 0.339 e. The maximum atomic E-state index is 13.1. The first-order valence-corrected chi connectivity index (χ1v) is 4.91. The fraction of sp³-hybridized carbons (Fsp3) is 0.0833. The number of halogens is 1. The van der Waals surface area contributed by atoms with E-state index in [9.17, 15) is 9.18 Å². The predicted octanol–water partition coefficient (Wildman–Crippen LogP) is 2.29. The van der Waals surface area contributed by atoms with Gasteiger partial charge in [-0.25, -0.2) is 19.2 Å². The van der Waals surface area contributed by atoms with Crippen LogP contribution in [0.1, 0.15) is 16.2 Å². The molecule has 2 rings (SSSR count). The van der Waals surface area contributed by atoms with Crippen molar-refractivity contribution < 1.29 is 14.3 Å². The van der Waals surface area contributed by atoms with Gasteiger partial charge >= 0.3 is 5.97 Å². The summed E-state index contributed by atoms with van der Waals surface area (Å²) in [5.74, 6) is -1.13. The molecule has 0 spiro atoms. The Bertz CT molecular complexity index is 584. The SMILES string of the molecule is Cc1ncc(C(=O)O)c(-c2cccc(F)c2)n1. The predicted molar refractivity (Wildman–Crippen MR) is 59.1 cm³/mol. The van der Waals surface area contributed by atoms with E-state index in [-0.39, 0.29) is 11.3 Å². The second-order valence-electron chi connectivity index (χ2n) is 3.49. The summed E-state index contributed by atoms with van der Waals surface area (Å²) in [4.78, 5) is 18.9. The van der Waals surface area contributed by atoms with Gasteiger partial charge in [0, 0.05) is 11.8 Å². The third-order valence-electron chi connectivity index (χ3n) is 2.24. The summed E-state index contributed by atoms with van der Waals surface area (Å²) in [7, 11) is 0. The Hall–Kier alpha value is -2.30. The number of carboxylic acid groups (broad SMARTS) is 1. The molecule has 0 bridgehead atoms. The molecule has 0 amide bonds. The molecule has 0 saturated carbocycles. The van der Waals surface area contributed by atoms with Gasteiger partial charge in [-0.3, -0.25) is 0 Å². The zero-order chi connectivity index (χ0) is 12.4. The van der Waals surface area contributed by atoms with E-state index in [4.69, 9.17) is 5.11 Å². The van der Waals surface area contributed by atoms with Gasteiger partial charge in [0.1, 0.15) is 17.2 Å². The molecule has 1 N–H and O–H groups in total. The molecule has 1 heterocycles. The monoisotopic (exact) mass is 232 g/mol. The minimum Gasteiger partial charge on any atom is -0.478 e. The van der Waals surface area contributed by atoms with E-state index in [1.54, 1.807) is 13.0 Å². The molecule has 2 aromatic rings. The third kappa shape index (κ3) is 2.28. The lowest BCUT2D eigenvalue weighted by atomic mass is 10.1. The van der Waals surface area contributed by atoms with Crippen LogP contribution in [0.25, 0.3) is 11.3 Å². The fourth-order valence-corrected chi connectivity index (χ4v) is 1.48. The number of benzene rings is 1. The number of carbonyl (C=O) groups is 1. The van der Waals surface area contributed by atoms with Crippen molar-refractivity contribution in [2.75, 3.05) is 0 Å². The van der Waals surface area contributed by atoms with Crippen molar-refractivity contribution >= 4 is 5.97 Å². The van der Waals surface area contributed by atoms with Gasteiger partial charge in [-0.05, 0) is 19.1 Å². The van der Waals surface area contributed by atoms with E-state index in [1.807, 2.05) is 0 Å². The van der Waals surface area contributed by atoms with Crippen LogP contribution in [0.4, 0.5) is 4.39 Å². The highest BCUT2D eigenvalue weighted by Gasteiger charge is 2.14. The highest BCUT2D eigenvalue weighted by atomic mass is 19.1. The minimum atomic E-state index is -1.13. The molecule has 86 valence electrons. The van der Waals surface area contributed by atoms with Crippen LogP contribution in [0.2, 0.25) is 0 Å². The van der Waals surface area contributed by atoms with Crippen LogP contribution in [-0.4, -0.2) is 21.0 Å². The Morgan fingerprint density at radius 1 is 1.41 bits per heavy atom. The molecule has 0 unspecified atom stereocenters. The van der Waals surface area contributed by atoms with E-state index in [0.717, 1.165) is 0 Å². The normalized spacial score (nSPS) is 10.2. The van der Waals surface area contributed by atoms with E-state index >= 15 is 0 Å². The van der Waals surface area contributed by atoms with Gasteiger partial charge in [-0.1, -0.05) is 12.1 Å². The van der Waals surface area contributed by atoms with Crippen molar-refractivity contribution in [3.05, 3.63) is 47.7 Å². The van der Waals surface area contributed by atoms with Crippen LogP contribution in [0.15, 0.2) is 30.5 Å². The summed E-state index contributed by atoms with van der Waals surface area (Å²) in [6.07, 6.45) is 1.23. The van der Waals surface area contributed by atoms with Crippen molar-refractivity contribution in [2.45, 2.75) is 6.92 Å². The number of hydrogen-bond donors (Lipinski definition) is 1. The fourth-order valence-electron chi connectivity index (χ4n) is 1.48. The molecule has 1 aromatic heterocycles. The van der Waals surface area contributed by atoms with Gasteiger partial charge in [0.15, 0.2) is 0 Å². The quantitative estimate of drug-likeness (QED) is 0.862.